The molecular formula is C18H19N6NaO5S3. The van der Waals surface area contributed by atoms with Gasteiger partial charge in [0.2, 0.25) is 5.91 Å². The number of nitrogen functional groups attached to an aromatic ring is 1. The van der Waals surface area contributed by atoms with E-state index < -0.39 is 23.3 Å². The number of nitrogens with zero attached hydrogens (tertiary/aromatic N) is 4. The summed E-state index contributed by atoms with van der Waals surface area (Å²) in [5.41, 5.74) is 6.20. The topological polar surface area (TPSA) is 160 Å². The van der Waals surface area contributed by atoms with Crippen LogP contribution >= 0.6 is 34.4 Å². The third kappa shape index (κ3) is 5.10. The Morgan fingerprint density at radius 3 is 2.85 bits per heavy atom. The van der Waals surface area contributed by atoms with Gasteiger partial charge in [-0.3, -0.25) is 19.4 Å². The summed E-state index contributed by atoms with van der Waals surface area (Å²) in [6.45, 7) is 0.0160. The van der Waals surface area contributed by atoms with Gasteiger partial charge in [-0.2, -0.15) is 0 Å². The molecule has 2 aromatic rings. The van der Waals surface area contributed by atoms with Crippen molar-refractivity contribution >= 4 is 98.7 Å². The molecule has 4 heterocycles. The molecule has 2 aliphatic heterocycles. The van der Waals surface area contributed by atoms with E-state index in [0.29, 0.717) is 0 Å². The zero-order chi connectivity index (χ0) is 22.9. The molecule has 2 unspecified atom stereocenters. The second-order valence-electron chi connectivity index (χ2n) is 7.01. The predicted molar refractivity (Wildman–Crippen MR) is 128 cm³/mol. The van der Waals surface area contributed by atoms with Gasteiger partial charge >= 0.3 is 35.5 Å². The average molecular weight is 519 g/mol. The molecule has 2 amide bonds. The minimum atomic E-state index is -1.23. The van der Waals surface area contributed by atoms with Crippen molar-refractivity contribution in [2.24, 2.45) is 10.6 Å². The number of carboxylic acids is 1. The van der Waals surface area contributed by atoms with E-state index in [1.54, 1.807) is 29.2 Å². The van der Waals surface area contributed by atoms with Crippen LogP contribution in [0.4, 0.5) is 5.13 Å². The van der Waals surface area contributed by atoms with Crippen LogP contribution < -0.4 is 11.1 Å². The minimum absolute atomic E-state index is 0. The molecule has 11 nitrogen and oxygen atoms in total. The summed E-state index contributed by atoms with van der Waals surface area (Å²) in [5.74, 6) is -1.75. The Morgan fingerprint density at radius 2 is 2.24 bits per heavy atom. The monoisotopic (exact) mass is 518 g/mol. The van der Waals surface area contributed by atoms with Crippen LogP contribution in [0.5, 0.6) is 0 Å². The van der Waals surface area contributed by atoms with Crippen LogP contribution in [0.2, 0.25) is 0 Å². The molecule has 0 saturated carbocycles. The number of thiazole rings is 2. The molecule has 170 valence electrons. The number of carboxylic acid groups (broad SMARTS) is 1. The standard InChI is InChI=1S/C18H18N6O5S3.Na.H/c1-29-23-11(10-5-30-17(19)21-10)13(25)22-12-14(26)24-6-18(16(27)28,7-31-15(12)24)3-2-9-4-20-8-32-9;;/h2-5,8,12,15H,6-7H2,1H3,(H2,19,21)(H,22,25)(H,27,28);;/t12?,15-,18?;;/m1../s1. The fraction of sp³-hybridized carbons (Fsp3) is 0.333. The summed E-state index contributed by atoms with van der Waals surface area (Å²) >= 11 is 3.84. The first-order valence-electron chi connectivity index (χ1n) is 9.21. The number of aliphatic carboxylic acids is 1. The van der Waals surface area contributed by atoms with Crippen LogP contribution in [0, 0.1) is 5.41 Å². The van der Waals surface area contributed by atoms with Crippen molar-refractivity contribution in [2.75, 3.05) is 25.1 Å². The van der Waals surface area contributed by atoms with Crippen molar-refractivity contribution < 1.29 is 24.3 Å². The number of β-lactam (4-membered cyclic amide) rings is 1. The predicted octanol–water partition coefficient (Wildman–Crippen LogP) is 0.0681. The molecule has 0 radical (unpaired) electrons. The Labute approximate surface area is 222 Å². The summed E-state index contributed by atoms with van der Waals surface area (Å²) in [6, 6.07) is -0.803. The van der Waals surface area contributed by atoms with Crippen molar-refractivity contribution in [3.63, 3.8) is 0 Å². The first-order chi connectivity index (χ1) is 15.3. The summed E-state index contributed by atoms with van der Waals surface area (Å²) in [5, 5.41) is 17.7. The Morgan fingerprint density at radius 1 is 1.45 bits per heavy atom. The Balaban J connectivity index is 0.00000306. The number of hydrogen-bond acceptors (Lipinski definition) is 11. The quantitative estimate of drug-likeness (QED) is 0.199. The summed E-state index contributed by atoms with van der Waals surface area (Å²) in [6.07, 6.45) is 4.97. The average Bonchev–Trinajstić information content (AvgIpc) is 3.45. The number of carbonyl (C=O) groups is 3. The van der Waals surface area contributed by atoms with E-state index in [4.69, 9.17) is 10.6 Å². The van der Waals surface area contributed by atoms with E-state index in [1.165, 1.54) is 35.1 Å². The maximum atomic E-state index is 12.8. The van der Waals surface area contributed by atoms with Gasteiger partial charge in [0.1, 0.15) is 29.6 Å². The van der Waals surface area contributed by atoms with Crippen LogP contribution in [0.3, 0.4) is 0 Å². The molecule has 2 saturated heterocycles. The van der Waals surface area contributed by atoms with Crippen LogP contribution in [-0.2, 0) is 19.2 Å². The van der Waals surface area contributed by atoms with Crippen LogP contribution in [0.1, 0.15) is 10.6 Å². The molecule has 4 N–H and O–H groups in total. The van der Waals surface area contributed by atoms with Gasteiger partial charge in [0.15, 0.2) is 10.8 Å². The number of nitrogens with two attached hydrogens (primary N) is 1. The number of amides is 2. The summed E-state index contributed by atoms with van der Waals surface area (Å²) in [4.78, 5) is 52.6. The van der Waals surface area contributed by atoms with Crippen molar-refractivity contribution in [3.8, 4) is 0 Å². The number of oxime groups is 1. The molecule has 3 atom stereocenters. The van der Waals surface area contributed by atoms with E-state index in [1.807, 2.05) is 0 Å². The van der Waals surface area contributed by atoms with Crippen molar-refractivity contribution in [1.82, 2.24) is 20.2 Å². The fourth-order valence-corrected chi connectivity index (χ4v) is 5.92. The number of hydrogen-bond donors (Lipinski definition) is 3. The molecule has 15 heteroatoms. The van der Waals surface area contributed by atoms with E-state index in [-0.39, 0.29) is 69.7 Å². The van der Waals surface area contributed by atoms with Gasteiger partial charge in [-0.05, 0) is 6.08 Å². The molecule has 2 aromatic heterocycles. The van der Waals surface area contributed by atoms with Crippen LogP contribution in [0.15, 0.2) is 28.3 Å². The van der Waals surface area contributed by atoms with E-state index in [9.17, 15) is 19.5 Å². The summed E-state index contributed by atoms with van der Waals surface area (Å²) in [7, 11) is 1.29. The second kappa shape index (κ2) is 10.5. The molecule has 2 aliphatic rings. The van der Waals surface area contributed by atoms with E-state index in [2.05, 4.69) is 20.4 Å². The van der Waals surface area contributed by atoms with Gasteiger partial charge in [0, 0.05) is 28.8 Å². The molecule has 0 aliphatic carbocycles. The summed E-state index contributed by atoms with van der Waals surface area (Å²) < 4.78 is 0. The molecular weight excluding hydrogens is 499 g/mol. The first kappa shape index (κ1) is 25.6. The van der Waals surface area contributed by atoms with Crippen LogP contribution in [-0.4, -0.2) is 104 Å². The maximum absolute atomic E-state index is 12.8. The van der Waals surface area contributed by atoms with E-state index in [0.717, 1.165) is 16.2 Å². The third-order valence-electron chi connectivity index (χ3n) is 5.00. The number of aromatic nitrogens is 2. The number of fused-ring (bicyclic) bond motifs is 1. The zero-order valence-electron chi connectivity index (χ0n) is 16.6. The van der Waals surface area contributed by atoms with Gasteiger partial charge in [0.05, 0.1) is 5.51 Å². The fourth-order valence-electron chi connectivity index (χ4n) is 3.35. The van der Waals surface area contributed by atoms with Crippen LogP contribution in [0.25, 0.3) is 6.08 Å². The van der Waals surface area contributed by atoms with Gasteiger partial charge < -0.3 is 25.9 Å². The Kier molecular flexibility index (Phi) is 8.18. The molecule has 0 spiro atoms. The number of nitrogens with one attached hydrogen (secondary N) is 1. The molecule has 2 fully saturated rings. The zero-order valence-corrected chi connectivity index (χ0v) is 19.1. The van der Waals surface area contributed by atoms with Gasteiger partial charge in [-0.1, -0.05) is 11.2 Å². The molecule has 4 rings (SSSR count). The SMILES string of the molecule is CON=C(C(=O)NC1C(=O)N2CC(C=Cc3cncs3)(C(=O)O)CS[C@H]12)c1csc(N)n1.[NaH]. The number of thioether (sulfide) groups is 1. The normalized spacial score (nSPS) is 24.6. The van der Waals surface area contributed by atoms with Gasteiger partial charge in [0.25, 0.3) is 5.91 Å². The number of carbonyl (C=O) groups excluding carboxylic acids is 2. The number of anilines is 1. The van der Waals surface area contributed by atoms with E-state index >= 15 is 0 Å². The third-order valence-corrected chi connectivity index (χ3v) is 7.96. The molecule has 0 aromatic carbocycles. The first-order valence-corrected chi connectivity index (χ1v) is 12.0. The number of rotatable bonds is 7. The van der Waals surface area contributed by atoms with Crippen molar-refractivity contribution in [2.45, 2.75) is 11.4 Å². The van der Waals surface area contributed by atoms with Crippen molar-refractivity contribution in [3.05, 3.63) is 33.7 Å². The Bertz CT molecular complexity index is 1110. The molecule has 33 heavy (non-hydrogen) atoms. The van der Waals surface area contributed by atoms with Gasteiger partial charge in [-0.15, -0.1) is 34.4 Å². The Hall–Kier alpha value is -1.97. The van der Waals surface area contributed by atoms with Crippen molar-refractivity contribution in [1.29, 1.82) is 0 Å². The van der Waals surface area contributed by atoms with Gasteiger partial charge in [-0.25, -0.2) is 4.98 Å². The molecule has 0 bridgehead atoms. The second-order valence-corrected chi connectivity index (χ2v) is 9.92.